The van der Waals surface area contributed by atoms with Gasteiger partial charge in [0.15, 0.2) is 0 Å². The van der Waals surface area contributed by atoms with E-state index < -0.39 is 0 Å². The quantitative estimate of drug-likeness (QED) is 0.753. The molecule has 0 aliphatic carbocycles. The van der Waals surface area contributed by atoms with Gasteiger partial charge in [0.2, 0.25) is 0 Å². The lowest BCUT2D eigenvalue weighted by molar-refractivity contribution is -0.131. The molecule has 4 heteroatoms. The molecule has 1 aromatic rings. The first-order valence-electron chi connectivity index (χ1n) is 5.82. The number of hydrogen-bond acceptors (Lipinski definition) is 3. The lowest BCUT2D eigenvalue weighted by Gasteiger charge is -2.32. The van der Waals surface area contributed by atoms with E-state index in [0.29, 0.717) is 5.92 Å². The maximum Gasteiger partial charge on any atom is 0.264 e. The van der Waals surface area contributed by atoms with Crippen molar-refractivity contribution in [2.75, 3.05) is 6.54 Å². The van der Waals surface area contributed by atoms with Crippen molar-refractivity contribution in [2.24, 2.45) is 0 Å². The van der Waals surface area contributed by atoms with Crippen LogP contribution in [0.4, 0.5) is 0 Å². The number of hydrogen-bond donors (Lipinski definition) is 2. The van der Waals surface area contributed by atoms with E-state index in [4.69, 9.17) is 0 Å². The highest BCUT2D eigenvalue weighted by atomic mass is 16.2. The molecule has 3 rings (SSSR count). The maximum absolute atomic E-state index is 11.8. The fourth-order valence-corrected chi connectivity index (χ4v) is 2.50. The summed E-state index contributed by atoms with van der Waals surface area (Å²) in [4.78, 5) is 11.8. The Hall–Kier alpha value is -1.81. The highest BCUT2D eigenvalue weighted by Crippen LogP contribution is 2.28. The number of benzene rings is 1. The normalized spacial score (nSPS) is 27.5. The van der Waals surface area contributed by atoms with E-state index in [1.54, 1.807) is 11.1 Å². The number of fused-ring (bicyclic) bond motifs is 1. The van der Waals surface area contributed by atoms with Crippen molar-refractivity contribution >= 4 is 5.91 Å². The fourth-order valence-electron chi connectivity index (χ4n) is 2.50. The van der Waals surface area contributed by atoms with Crippen LogP contribution in [0.3, 0.4) is 0 Å². The summed E-state index contributed by atoms with van der Waals surface area (Å²) >= 11 is 0. The van der Waals surface area contributed by atoms with Crippen LogP contribution < -0.4 is 10.7 Å². The molecule has 0 bridgehead atoms. The van der Waals surface area contributed by atoms with E-state index in [2.05, 4.69) is 22.9 Å². The number of carbonyl (C=O) groups is 1. The standard InChI is InChI=1S/C13H15N3O/c1-9-7-12(17)16-13(15-9)11(8-14-16)10-5-3-2-4-6-10/h2-7,11,13-15H,8H2,1H3. The van der Waals surface area contributed by atoms with Crippen molar-refractivity contribution in [3.05, 3.63) is 47.7 Å². The van der Waals surface area contributed by atoms with Crippen LogP contribution in [0.25, 0.3) is 0 Å². The van der Waals surface area contributed by atoms with Crippen molar-refractivity contribution in [3.63, 3.8) is 0 Å². The van der Waals surface area contributed by atoms with E-state index in [1.165, 1.54) is 5.56 Å². The second-order valence-corrected chi connectivity index (χ2v) is 4.50. The molecule has 0 spiro atoms. The Morgan fingerprint density at radius 1 is 1.29 bits per heavy atom. The van der Waals surface area contributed by atoms with E-state index in [9.17, 15) is 4.79 Å². The monoisotopic (exact) mass is 229 g/mol. The molecule has 2 aliphatic heterocycles. The minimum absolute atomic E-state index is 0.0231. The number of nitrogens with one attached hydrogen (secondary N) is 2. The molecule has 2 heterocycles. The zero-order valence-electron chi connectivity index (χ0n) is 9.68. The number of amides is 1. The topological polar surface area (TPSA) is 44.4 Å². The van der Waals surface area contributed by atoms with Crippen LogP contribution in [-0.4, -0.2) is 23.6 Å². The van der Waals surface area contributed by atoms with Gasteiger partial charge in [-0.1, -0.05) is 30.3 Å². The molecule has 2 aliphatic rings. The number of carbonyl (C=O) groups excluding carboxylic acids is 1. The summed E-state index contributed by atoms with van der Waals surface area (Å²) in [6.07, 6.45) is 1.64. The third-order valence-corrected chi connectivity index (χ3v) is 3.32. The first-order valence-corrected chi connectivity index (χ1v) is 5.82. The van der Waals surface area contributed by atoms with Gasteiger partial charge in [-0.15, -0.1) is 0 Å². The van der Waals surface area contributed by atoms with E-state index in [-0.39, 0.29) is 12.1 Å². The average molecular weight is 229 g/mol. The number of hydrazine groups is 1. The largest absolute Gasteiger partial charge is 0.367 e. The minimum Gasteiger partial charge on any atom is -0.367 e. The van der Waals surface area contributed by atoms with Gasteiger partial charge in [-0.2, -0.15) is 0 Å². The number of rotatable bonds is 1. The fraction of sp³-hybridized carbons (Fsp3) is 0.308. The molecule has 1 aromatic carbocycles. The summed E-state index contributed by atoms with van der Waals surface area (Å²) in [6.45, 7) is 2.71. The van der Waals surface area contributed by atoms with Gasteiger partial charge in [0, 0.05) is 24.2 Å². The molecule has 88 valence electrons. The second-order valence-electron chi connectivity index (χ2n) is 4.50. The van der Waals surface area contributed by atoms with E-state index in [1.807, 2.05) is 25.1 Å². The first-order chi connectivity index (χ1) is 8.25. The van der Waals surface area contributed by atoms with Gasteiger partial charge < -0.3 is 5.32 Å². The van der Waals surface area contributed by atoms with Gasteiger partial charge in [-0.25, -0.2) is 5.43 Å². The Morgan fingerprint density at radius 2 is 2.06 bits per heavy atom. The van der Waals surface area contributed by atoms with Gasteiger partial charge in [0.25, 0.3) is 5.91 Å². The lowest BCUT2D eigenvalue weighted by atomic mass is 9.96. The van der Waals surface area contributed by atoms with Crippen molar-refractivity contribution in [1.82, 2.24) is 15.8 Å². The van der Waals surface area contributed by atoms with Crippen LogP contribution in [-0.2, 0) is 4.79 Å². The van der Waals surface area contributed by atoms with Gasteiger partial charge in [-0.05, 0) is 12.5 Å². The Labute approximate surface area is 100 Å². The molecule has 1 fully saturated rings. The van der Waals surface area contributed by atoms with Gasteiger partial charge in [0.05, 0.1) is 0 Å². The molecular weight excluding hydrogens is 214 g/mol. The van der Waals surface area contributed by atoms with Crippen LogP contribution in [0.2, 0.25) is 0 Å². The predicted molar refractivity (Wildman–Crippen MR) is 64.7 cm³/mol. The minimum atomic E-state index is 0.0231. The molecule has 2 N–H and O–H groups in total. The van der Waals surface area contributed by atoms with Gasteiger partial charge in [-0.3, -0.25) is 9.80 Å². The van der Waals surface area contributed by atoms with E-state index >= 15 is 0 Å². The molecule has 0 saturated carbocycles. The first kappa shape index (κ1) is 10.4. The third-order valence-electron chi connectivity index (χ3n) is 3.32. The second kappa shape index (κ2) is 3.89. The molecule has 1 saturated heterocycles. The van der Waals surface area contributed by atoms with Gasteiger partial charge in [0.1, 0.15) is 6.17 Å². The van der Waals surface area contributed by atoms with Crippen LogP contribution >= 0.6 is 0 Å². The summed E-state index contributed by atoms with van der Waals surface area (Å²) < 4.78 is 0. The molecule has 0 radical (unpaired) electrons. The summed E-state index contributed by atoms with van der Waals surface area (Å²) in [5.74, 6) is 0.327. The zero-order chi connectivity index (χ0) is 11.8. The average Bonchev–Trinajstić information content (AvgIpc) is 2.74. The Kier molecular flexibility index (Phi) is 2.37. The van der Waals surface area contributed by atoms with Crippen LogP contribution in [0.5, 0.6) is 0 Å². The Morgan fingerprint density at radius 3 is 2.82 bits per heavy atom. The number of nitrogens with zero attached hydrogens (tertiary/aromatic N) is 1. The summed E-state index contributed by atoms with van der Waals surface area (Å²) in [5, 5.41) is 5.05. The smallest absolute Gasteiger partial charge is 0.264 e. The van der Waals surface area contributed by atoms with E-state index in [0.717, 1.165) is 12.2 Å². The molecule has 2 atom stereocenters. The van der Waals surface area contributed by atoms with Crippen molar-refractivity contribution in [3.8, 4) is 0 Å². The van der Waals surface area contributed by atoms with Gasteiger partial charge >= 0.3 is 0 Å². The molecule has 1 amide bonds. The van der Waals surface area contributed by atoms with Crippen LogP contribution in [0.1, 0.15) is 18.4 Å². The molecule has 4 nitrogen and oxygen atoms in total. The Bertz CT molecular complexity index is 469. The SMILES string of the molecule is CC1=CC(=O)N2NCC(c3ccccc3)C2N1. The van der Waals surface area contributed by atoms with Crippen molar-refractivity contribution < 1.29 is 4.79 Å². The maximum atomic E-state index is 11.8. The zero-order valence-corrected chi connectivity index (χ0v) is 9.68. The lowest BCUT2D eigenvalue weighted by Crippen LogP contribution is -2.52. The number of allylic oxidation sites excluding steroid dienone is 1. The molecular formula is C13H15N3O. The Balaban J connectivity index is 1.91. The molecule has 17 heavy (non-hydrogen) atoms. The summed E-state index contributed by atoms with van der Waals surface area (Å²) in [5.41, 5.74) is 5.34. The highest BCUT2D eigenvalue weighted by molar-refractivity contribution is 5.89. The summed E-state index contributed by atoms with van der Waals surface area (Å²) in [7, 11) is 0. The predicted octanol–water partition coefficient (Wildman–Crippen LogP) is 0.950. The van der Waals surface area contributed by atoms with Crippen LogP contribution in [0, 0.1) is 0 Å². The highest BCUT2D eigenvalue weighted by Gasteiger charge is 2.39. The molecule has 2 unspecified atom stereocenters. The van der Waals surface area contributed by atoms with Crippen molar-refractivity contribution in [1.29, 1.82) is 0 Å². The molecule has 0 aromatic heterocycles. The summed E-state index contributed by atoms with van der Waals surface area (Å²) in [6, 6.07) is 10.3. The van der Waals surface area contributed by atoms with Crippen LogP contribution in [0.15, 0.2) is 42.1 Å². The van der Waals surface area contributed by atoms with Crippen molar-refractivity contribution in [2.45, 2.75) is 19.0 Å². The third kappa shape index (κ3) is 1.70.